The van der Waals surface area contributed by atoms with Crippen molar-refractivity contribution in [1.29, 1.82) is 0 Å². The van der Waals surface area contributed by atoms with E-state index >= 15 is 0 Å². The number of pyridine rings is 1. The predicted molar refractivity (Wildman–Crippen MR) is 106 cm³/mol. The molecule has 0 aliphatic rings. The molecular formula is C18H26ClN5O. The molecule has 0 bridgehead atoms. The third-order valence-electron chi connectivity index (χ3n) is 3.92. The Bertz CT molecular complexity index is 705. The highest BCUT2D eigenvalue weighted by Crippen LogP contribution is 2.25. The van der Waals surface area contributed by atoms with Crippen LogP contribution in [0.1, 0.15) is 25.5 Å². The summed E-state index contributed by atoms with van der Waals surface area (Å²) < 4.78 is 0. The number of nitrogens with zero attached hydrogens (tertiary/aromatic N) is 2. The van der Waals surface area contributed by atoms with Gasteiger partial charge in [0.15, 0.2) is 0 Å². The number of nitrogen functional groups attached to an aromatic ring is 1. The molecule has 2 rings (SSSR count). The van der Waals surface area contributed by atoms with Gasteiger partial charge in [-0.15, -0.1) is 12.4 Å². The lowest BCUT2D eigenvalue weighted by Gasteiger charge is -2.27. The second kappa shape index (κ2) is 8.69. The van der Waals surface area contributed by atoms with Crippen molar-refractivity contribution in [3.63, 3.8) is 0 Å². The van der Waals surface area contributed by atoms with Gasteiger partial charge in [0.2, 0.25) is 0 Å². The van der Waals surface area contributed by atoms with Crippen LogP contribution >= 0.6 is 12.4 Å². The molecule has 1 aromatic heterocycles. The second-order valence-corrected chi connectivity index (χ2v) is 6.06. The van der Waals surface area contributed by atoms with E-state index < -0.39 is 5.54 Å². The maximum absolute atomic E-state index is 12.8. The molecule has 1 atom stereocenters. The molecule has 1 unspecified atom stereocenters. The second-order valence-electron chi connectivity index (χ2n) is 6.06. The summed E-state index contributed by atoms with van der Waals surface area (Å²) in [6, 6.07) is 12.8. The number of halogens is 1. The number of benzene rings is 1. The normalized spacial score (nSPS) is 12.6. The van der Waals surface area contributed by atoms with E-state index in [9.17, 15) is 4.79 Å². The van der Waals surface area contributed by atoms with Crippen LogP contribution < -0.4 is 21.7 Å². The van der Waals surface area contributed by atoms with Crippen LogP contribution in [-0.4, -0.2) is 25.0 Å². The van der Waals surface area contributed by atoms with Gasteiger partial charge < -0.3 is 21.7 Å². The molecule has 6 nitrogen and oxygen atoms in total. The topological polar surface area (TPSA) is 97.3 Å². The van der Waals surface area contributed by atoms with Crippen molar-refractivity contribution in [1.82, 2.24) is 4.98 Å². The Morgan fingerprint density at radius 2 is 1.84 bits per heavy atom. The Labute approximate surface area is 155 Å². The predicted octanol–water partition coefficient (Wildman–Crippen LogP) is 2.74. The van der Waals surface area contributed by atoms with Crippen molar-refractivity contribution >= 4 is 35.5 Å². The largest absolute Gasteiger partial charge is 0.384 e. The molecule has 0 radical (unpaired) electrons. The van der Waals surface area contributed by atoms with Gasteiger partial charge in [-0.2, -0.15) is 0 Å². The first-order valence-corrected chi connectivity index (χ1v) is 7.97. The highest BCUT2D eigenvalue weighted by Gasteiger charge is 2.36. The molecule has 1 amide bonds. The lowest BCUT2D eigenvalue weighted by atomic mass is 9.89. The molecule has 136 valence electrons. The molecule has 0 spiro atoms. The molecule has 7 heteroatoms. The number of nitrogens with one attached hydrogen (secondary N) is 1. The lowest BCUT2D eigenvalue weighted by molar-refractivity contribution is -0.121. The number of aromatic nitrogens is 1. The van der Waals surface area contributed by atoms with Gasteiger partial charge in [0.05, 0.1) is 5.69 Å². The van der Waals surface area contributed by atoms with Crippen molar-refractivity contribution in [2.75, 3.05) is 30.0 Å². The monoisotopic (exact) mass is 363 g/mol. The van der Waals surface area contributed by atoms with Gasteiger partial charge >= 0.3 is 0 Å². The Hall–Kier alpha value is -2.31. The molecule has 0 saturated heterocycles. The van der Waals surface area contributed by atoms with Crippen molar-refractivity contribution in [3.8, 4) is 0 Å². The van der Waals surface area contributed by atoms with Gasteiger partial charge in [-0.05, 0) is 42.8 Å². The van der Waals surface area contributed by atoms with E-state index in [0.717, 1.165) is 12.1 Å². The van der Waals surface area contributed by atoms with E-state index in [0.29, 0.717) is 23.6 Å². The molecule has 0 saturated carbocycles. The van der Waals surface area contributed by atoms with E-state index in [4.69, 9.17) is 11.5 Å². The van der Waals surface area contributed by atoms with Crippen molar-refractivity contribution in [3.05, 3.63) is 48.2 Å². The number of anilines is 3. The number of hydrogen-bond donors (Lipinski definition) is 3. The highest BCUT2D eigenvalue weighted by molar-refractivity contribution is 5.98. The fourth-order valence-corrected chi connectivity index (χ4v) is 2.54. The first-order chi connectivity index (χ1) is 11.4. The summed E-state index contributed by atoms with van der Waals surface area (Å²) in [5, 5.41) is 2.89. The van der Waals surface area contributed by atoms with E-state index in [1.165, 1.54) is 0 Å². The van der Waals surface area contributed by atoms with Gasteiger partial charge in [-0.25, -0.2) is 4.98 Å². The molecule has 0 aliphatic carbocycles. The summed E-state index contributed by atoms with van der Waals surface area (Å²) in [4.78, 5) is 19.1. The average Bonchev–Trinajstić information content (AvgIpc) is 2.55. The Balaban J connectivity index is 0.00000312. The zero-order chi connectivity index (χ0) is 17.7. The SMILES string of the molecule is CCCC(N)(C(=O)Nc1ccc(N(C)C)cc1)c1cccc(N)n1.Cl. The molecule has 25 heavy (non-hydrogen) atoms. The third-order valence-corrected chi connectivity index (χ3v) is 3.92. The van der Waals surface area contributed by atoms with Crippen LogP contribution in [0.15, 0.2) is 42.5 Å². The van der Waals surface area contributed by atoms with Crippen LogP contribution in [0.3, 0.4) is 0 Å². The lowest BCUT2D eigenvalue weighted by Crippen LogP contribution is -2.49. The molecular weight excluding hydrogens is 338 g/mol. The number of amides is 1. The maximum Gasteiger partial charge on any atom is 0.250 e. The van der Waals surface area contributed by atoms with Gasteiger partial charge in [-0.3, -0.25) is 4.79 Å². The van der Waals surface area contributed by atoms with Gasteiger partial charge in [0.25, 0.3) is 5.91 Å². The zero-order valence-corrected chi connectivity index (χ0v) is 15.6. The quantitative estimate of drug-likeness (QED) is 0.733. The van der Waals surface area contributed by atoms with E-state index in [1.807, 2.05) is 50.2 Å². The van der Waals surface area contributed by atoms with Crippen molar-refractivity contribution in [2.24, 2.45) is 5.73 Å². The first kappa shape index (κ1) is 20.7. The Kier molecular flexibility index (Phi) is 7.21. The summed E-state index contributed by atoms with van der Waals surface area (Å²) in [6.45, 7) is 1.98. The van der Waals surface area contributed by atoms with Gasteiger partial charge in [-0.1, -0.05) is 19.4 Å². The summed E-state index contributed by atoms with van der Waals surface area (Å²) in [6.07, 6.45) is 1.23. The van der Waals surface area contributed by atoms with Crippen LogP contribution in [0.4, 0.5) is 17.2 Å². The summed E-state index contributed by atoms with van der Waals surface area (Å²) >= 11 is 0. The van der Waals surface area contributed by atoms with Crippen molar-refractivity contribution in [2.45, 2.75) is 25.3 Å². The number of rotatable bonds is 6. The summed E-state index contributed by atoms with van der Waals surface area (Å²) in [5.74, 6) is 0.0571. The molecule has 2 aromatic rings. The minimum absolute atomic E-state index is 0. The van der Waals surface area contributed by atoms with E-state index in [2.05, 4.69) is 10.3 Å². The number of carbonyl (C=O) groups excluding carboxylic acids is 1. The standard InChI is InChI=1S/C18H25N5O.ClH/c1-4-12-18(20,15-6-5-7-16(19)22-15)17(24)21-13-8-10-14(11-9-13)23(2)3;/h5-11H,4,12,20H2,1-3H3,(H2,19,22)(H,21,24);1H. The van der Waals surface area contributed by atoms with Crippen LogP contribution in [0.25, 0.3) is 0 Å². The van der Waals surface area contributed by atoms with Gasteiger partial charge in [0, 0.05) is 25.5 Å². The zero-order valence-electron chi connectivity index (χ0n) is 14.8. The average molecular weight is 364 g/mol. The molecule has 1 heterocycles. The van der Waals surface area contributed by atoms with Crippen LogP contribution in [-0.2, 0) is 10.3 Å². The smallest absolute Gasteiger partial charge is 0.250 e. The van der Waals surface area contributed by atoms with Crippen LogP contribution in [0, 0.1) is 0 Å². The maximum atomic E-state index is 12.8. The Morgan fingerprint density at radius 1 is 1.20 bits per heavy atom. The minimum Gasteiger partial charge on any atom is -0.384 e. The van der Waals surface area contributed by atoms with Crippen LogP contribution in [0.5, 0.6) is 0 Å². The highest BCUT2D eigenvalue weighted by atomic mass is 35.5. The minimum atomic E-state index is -1.22. The van der Waals surface area contributed by atoms with Crippen LogP contribution in [0.2, 0.25) is 0 Å². The molecule has 0 fully saturated rings. The van der Waals surface area contributed by atoms with E-state index in [1.54, 1.807) is 18.2 Å². The van der Waals surface area contributed by atoms with Crippen molar-refractivity contribution < 1.29 is 4.79 Å². The summed E-state index contributed by atoms with van der Waals surface area (Å²) in [7, 11) is 3.93. The fraction of sp³-hybridized carbons (Fsp3) is 0.333. The molecule has 1 aromatic carbocycles. The first-order valence-electron chi connectivity index (χ1n) is 7.97. The summed E-state index contributed by atoms with van der Waals surface area (Å²) in [5.41, 5.74) is 13.2. The Morgan fingerprint density at radius 3 is 2.36 bits per heavy atom. The number of carbonyl (C=O) groups is 1. The van der Waals surface area contributed by atoms with Gasteiger partial charge in [0.1, 0.15) is 11.4 Å². The molecule has 5 N–H and O–H groups in total. The number of hydrogen-bond acceptors (Lipinski definition) is 5. The fourth-order valence-electron chi connectivity index (χ4n) is 2.54. The number of nitrogens with two attached hydrogens (primary N) is 2. The third kappa shape index (κ3) is 4.84. The molecule has 0 aliphatic heterocycles. The van der Waals surface area contributed by atoms with E-state index in [-0.39, 0.29) is 18.3 Å².